The van der Waals surface area contributed by atoms with Crippen LogP contribution in [-0.4, -0.2) is 0 Å². The molecule has 1 unspecified atom stereocenters. The van der Waals surface area contributed by atoms with Crippen molar-refractivity contribution < 1.29 is 9.13 Å². The van der Waals surface area contributed by atoms with Crippen LogP contribution in [0.4, 0.5) is 10.1 Å². The van der Waals surface area contributed by atoms with Gasteiger partial charge < -0.3 is 10.1 Å². The molecule has 0 saturated heterocycles. The third-order valence-electron chi connectivity index (χ3n) is 1.82. The summed E-state index contributed by atoms with van der Waals surface area (Å²) in [5.41, 5.74) is 0.655. The molecule has 0 saturated carbocycles. The normalized spacial score (nSPS) is 24.9. The van der Waals surface area contributed by atoms with Crippen molar-refractivity contribution in [2.75, 3.05) is 5.32 Å². The van der Waals surface area contributed by atoms with Gasteiger partial charge in [-0.2, -0.15) is 4.39 Å². The predicted octanol–water partition coefficient (Wildman–Crippen LogP) is 3.57. The monoisotopic (exact) mass is 233 g/mol. The van der Waals surface area contributed by atoms with Crippen LogP contribution < -0.4 is 5.32 Å². The maximum atomic E-state index is 13.7. The summed E-state index contributed by atoms with van der Waals surface area (Å²) in [4.78, 5) is 0. The number of fused-ring (bicyclic) bond motifs is 1. The number of halogens is 3. The average molecular weight is 234 g/mol. The Kier molecular flexibility index (Phi) is 2.09. The van der Waals surface area contributed by atoms with E-state index in [1.54, 1.807) is 12.1 Å². The lowest BCUT2D eigenvalue weighted by Gasteiger charge is -2.29. The Bertz CT molecular complexity index is 406. The second-order valence-corrected chi connectivity index (χ2v) is 3.78. The van der Waals surface area contributed by atoms with Crippen LogP contribution in [0.5, 0.6) is 0 Å². The molecule has 2 nitrogen and oxygen atoms in total. The summed E-state index contributed by atoms with van der Waals surface area (Å²) in [7, 11) is 0. The topological polar surface area (TPSA) is 21.3 Å². The van der Waals surface area contributed by atoms with E-state index in [-0.39, 0.29) is 11.4 Å². The maximum Gasteiger partial charge on any atom is 0.357 e. The zero-order chi connectivity index (χ0) is 10.3. The first-order chi connectivity index (χ1) is 6.49. The zero-order valence-electron chi connectivity index (χ0n) is 6.98. The van der Waals surface area contributed by atoms with Gasteiger partial charge in [-0.1, -0.05) is 11.6 Å². The number of anilines is 1. The molecule has 0 radical (unpaired) electrons. The SMILES string of the molecule is C=C1Nc2ccc(Cl)cc2C(F)(Cl)O1. The van der Waals surface area contributed by atoms with Crippen molar-refractivity contribution in [3.05, 3.63) is 41.2 Å². The van der Waals surface area contributed by atoms with Crippen molar-refractivity contribution >= 4 is 28.9 Å². The van der Waals surface area contributed by atoms with Crippen molar-refractivity contribution in [2.45, 2.75) is 5.31 Å². The molecular weight excluding hydrogens is 228 g/mol. The second kappa shape index (κ2) is 3.04. The Morgan fingerprint density at radius 3 is 2.93 bits per heavy atom. The number of alkyl halides is 2. The number of nitrogens with one attached hydrogen (secondary N) is 1. The smallest absolute Gasteiger partial charge is 0.357 e. The Labute approximate surface area is 90.3 Å². The molecule has 14 heavy (non-hydrogen) atoms. The maximum absolute atomic E-state index is 13.7. The van der Waals surface area contributed by atoms with Crippen molar-refractivity contribution in [1.29, 1.82) is 0 Å². The molecule has 1 aromatic rings. The van der Waals surface area contributed by atoms with Gasteiger partial charge in [-0.05, 0) is 36.4 Å². The number of hydrogen-bond donors (Lipinski definition) is 1. The predicted molar refractivity (Wildman–Crippen MR) is 53.9 cm³/mol. The number of hydrogen-bond acceptors (Lipinski definition) is 2. The first-order valence-corrected chi connectivity index (χ1v) is 4.57. The van der Waals surface area contributed by atoms with Gasteiger partial charge in [-0.15, -0.1) is 0 Å². The first kappa shape index (κ1) is 9.62. The molecule has 1 heterocycles. The van der Waals surface area contributed by atoms with E-state index in [2.05, 4.69) is 16.6 Å². The van der Waals surface area contributed by atoms with E-state index in [1.807, 2.05) is 0 Å². The average Bonchev–Trinajstić information content (AvgIpc) is 2.05. The molecule has 1 atom stereocenters. The van der Waals surface area contributed by atoms with Crippen LogP contribution in [0.1, 0.15) is 5.56 Å². The lowest BCUT2D eigenvalue weighted by atomic mass is 10.1. The van der Waals surface area contributed by atoms with Crippen LogP contribution in [-0.2, 0) is 10.1 Å². The first-order valence-electron chi connectivity index (χ1n) is 3.82. The van der Waals surface area contributed by atoms with Gasteiger partial charge in [0.15, 0.2) is 5.88 Å². The molecule has 0 amide bonds. The molecule has 0 bridgehead atoms. The minimum atomic E-state index is -2.40. The minimum absolute atomic E-state index is 0.0670. The van der Waals surface area contributed by atoms with Gasteiger partial charge >= 0.3 is 5.31 Å². The fourth-order valence-corrected chi connectivity index (χ4v) is 1.67. The van der Waals surface area contributed by atoms with E-state index in [9.17, 15) is 4.39 Å². The third kappa shape index (κ3) is 1.53. The molecule has 1 aromatic carbocycles. The summed E-state index contributed by atoms with van der Waals surface area (Å²) < 4.78 is 18.4. The number of rotatable bonds is 0. The largest absolute Gasteiger partial charge is 0.426 e. The number of ether oxygens (including phenoxy) is 1. The summed E-state index contributed by atoms with van der Waals surface area (Å²) in [6.45, 7) is 3.44. The molecule has 0 fully saturated rings. The second-order valence-electron chi connectivity index (χ2n) is 2.86. The minimum Gasteiger partial charge on any atom is -0.426 e. The highest BCUT2D eigenvalue weighted by molar-refractivity contribution is 6.31. The van der Waals surface area contributed by atoms with Crippen LogP contribution in [0.2, 0.25) is 5.02 Å². The van der Waals surface area contributed by atoms with E-state index in [0.29, 0.717) is 10.7 Å². The Hall–Kier alpha value is -0.930. The highest BCUT2D eigenvalue weighted by Gasteiger charge is 2.38. The Morgan fingerprint density at radius 2 is 2.21 bits per heavy atom. The van der Waals surface area contributed by atoms with E-state index in [1.165, 1.54) is 6.07 Å². The van der Waals surface area contributed by atoms with Crippen LogP contribution in [0, 0.1) is 0 Å². The van der Waals surface area contributed by atoms with Gasteiger partial charge in [-0.3, -0.25) is 0 Å². The summed E-state index contributed by atoms with van der Waals surface area (Å²) in [6.07, 6.45) is 0. The summed E-state index contributed by atoms with van der Waals surface area (Å²) in [5.74, 6) is 0.0670. The molecule has 1 aliphatic rings. The Balaban J connectivity index is 2.58. The highest BCUT2D eigenvalue weighted by Crippen LogP contribution is 2.43. The van der Waals surface area contributed by atoms with Gasteiger partial charge in [-0.25, -0.2) is 0 Å². The molecule has 1 aliphatic heterocycles. The molecule has 0 aromatic heterocycles. The summed E-state index contributed by atoms with van der Waals surface area (Å²) >= 11 is 11.2. The van der Waals surface area contributed by atoms with Gasteiger partial charge in [0.1, 0.15) is 0 Å². The standard InChI is InChI=1S/C9H6Cl2FNO/c1-5-13-8-3-2-6(10)4-7(8)9(11,12)14-5/h2-4,13H,1H2. The van der Waals surface area contributed by atoms with Crippen LogP contribution in [0.15, 0.2) is 30.7 Å². The lowest BCUT2D eigenvalue weighted by Crippen LogP contribution is -2.25. The van der Waals surface area contributed by atoms with Gasteiger partial charge in [0.25, 0.3) is 0 Å². The van der Waals surface area contributed by atoms with E-state index in [0.717, 1.165) is 0 Å². The van der Waals surface area contributed by atoms with Crippen LogP contribution in [0.3, 0.4) is 0 Å². The van der Waals surface area contributed by atoms with Crippen LogP contribution >= 0.6 is 23.2 Å². The fraction of sp³-hybridized carbons (Fsp3) is 0.111. The third-order valence-corrected chi connectivity index (χ3v) is 2.34. The van der Waals surface area contributed by atoms with Gasteiger partial charge in [0.05, 0.1) is 11.3 Å². The summed E-state index contributed by atoms with van der Waals surface area (Å²) in [5, 5.41) is 0.736. The van der Waals surface area contributed by atoms with Crippen molar-refractivity contribution in [1.82, 2.24) is 0 Å². The fourth-order valence-electron chi connectivity index (χ4n) is 1.25. The van der Waals surface area contributed by atoms with Crippen molar-refractivity contribution in [3.63, 3.8) is 0 Å². The van der Waals surface area contributed by atoms with Crippen LogP contribution in [0.25, 0.3) is 0 Å². The number of benzene rings is 1. The lowest BCUT2D eigenvalue weighted by molar-refractivity contribution is -0.0431. The van der Waals surface area contributed by atoms with E-state index in [4.69, 9.17) is 23.2 Å². The molecule has 1 N–H and O–H groups in total. The van der Waals surface area contributed by atoms with Gasteiger partial charge in [0, 0.05) is 5.02 Å². The molecule has 0 spiro atoms. The summed E-state index contributed by atoms with van der Waals surface area (Å²) in [6, 6.07) is 4.64. The zero-order valence-corrected chi connectivity index (χ0v) is 8.49. The molecule has 5 heteroatoms. The highest BCUT2D eigenvalue weighted by atomic mass is 35.5. The quantitative estimate of drug-likeness (QED) is 0.692. The van der Waals surface area contributed by atoms with Crippen molar-refractivity contribution in [3.8, 4) is 0 Å². The molecule has 2 rings (SSSR count). The Morgan fingerprint density at radius 1 is 1.50 bits per heavy atom. The van der Waals surface area contributed by atoms with E-state index < -0.39 is 5.31 Å². The molecular formula is C9H6Cl2FNO. The van der Waals surface area contributed by atoms with E-state index >= 15 is 0 Å². The molecule has 0 aliphatic carbocycles. The molecule has 74 valence electrons. The van der Waals surface area contributed by atoms with Crippen molar-refractivity contribution in [2.24, 2.45) is 0 Å². The van der Waals surface area contributed by atoms with Gasteiger partial charge in [0.2, 0.25) is 0 Å².